The van der Waals surface area contributed by atoms with E-state index in [9.17, 15) is 4.79 Å². The van der Waals surface area contributed by atoms with Crippen LogP contribution in [0.25, 0.3) is 0 Å². The third kappa shape index (κ3) is 5.36. The van der Waals surface area contributed by atoms with E-state index in [1.54, 1.807) is 6.20 Å². The fourth-order valence-electron chi connectivity index (χ4n) is 3.20. The minimum Gasteiger partial charge on any atom is -0.494 e. The number of hydrogen-bond donors (Lipinski definition) is 1. The highest BCUT2D eigenvalue weighted by Gasteiger charge is 2.22. The summed E-state index contributed by atoms with van der Waals surface area (Å²) in [6.45, 7) is 8.84. The van der Waals surface area contributed by atoms with Gasteiger partial charge in [-0.25, -0.2) is 4.79 Å². The van der Waals surface area contributed by atoms with Gasteiger partial charge in [-0.1, -0.05) is 6.07 Å². The van der Waals surface area contributed by atoms with Gasteiger partial charge in [0.15, 0.2) is 0 Å². The van der Waals surface area contributed by atoms with Crippen molar-refractivity contribution in [1.29, 1.82) is 0 Å². The molecule has 1 fully saturated rings. The largest absolute Gasteiger partial charge is 0.494 e. The average molecular weight is 384 g/mol. The van der Waals surface area contributed by atoms with E-state index in [-0.39, 0.29) is 6.03 Å². The highest BCUT2D eigenvalue weighted by Crippen LogP contribution is 2.29. The molecule has 28 heavy (non-hydrogen) atoms. The zero-order chi connectivity index (χ0) is 19.8. The molecular weight excluding hydrogens is 356 g/mol. The molecule has 1 N–H and O–H groups in total. The van der Waals surface area contributed by atoms with Gasteiger partial charge in [-0.05, 0) is 37.6 Å². The smallest absolute Gasteiger partial charge is 0.322 e. The topological polar surface area (TPSA) is 66.9 Å². The summed E-state index contributed by atoms with van der Waals surface area (Å²) in [5.74, 6) is 1.36. The molecule has 1 aromatic heterocycles. The number of piperazine rings is 1. The molecule has 150 valence electrons. The maximum Gasteiger partial charge on any atom is 0.322 e. The predicted molar refractivity (Wildman–Crippen MR) is 109 cm³/mol. The van der Waals surface area contributed by atoms with Crippen LogP contribution in [-0.4, -0.2) is 60.2 Å². The van der Waals surface area contributed by atoms with Crippen molar-refractivity contribution in [3.63, 3.8) is 0 Å². The highest BCUT2D eigenvalue weighted by atomic mass is 16.5. The lowest BCUT2D eigenvalue weighted by atomic mass is 10.2. The lowest BCUT2D eigenvalue weighted by Crippen LogP contribution is -2.49. The van der Waals surface area contributed by atoms with Crippen molar-refractivity contribution in [1.82, 2.24) is 14.8 Å². The quantitative estimate of drug-likeness (QED) is 0.794. The molecule has 1 aliphatic heterocycles. The number of urea groups is 1. The standard InChI is InChI=1S/C21H28N4O3/c1-3-27-18-7-8-20(28-4-2)19(14-18)23-21(26)25-12-10-24(11-13-25)16-17-6-5-9-22-15-17/h5-9,14-15H,3-4,10-13,16H2,1-2H3,(H,23,26). The normalized spacial score (nSPS) is 14.6. The Morgan fingerprint density at radius 1 is 1.11 bits per heavy atom. The van der Waals surface area contributed by atoms with Gasteiger partial charge in [-0.2, -0.15) is 0 Å². The van der Waals surface area contributed by atoms with Gasteiger partial charge in [-0.15, -0.1) is 0 Å². The summed E-state index contributed by atoms with van der Waals surface area (Å²) in [5.41, 5.74) is 1.82. The number of anilines is 1. The molecule has 1 aromatic carbocycles. The zero-order valence-corrected chi connectivity index (χ0v) is 16.6. The molecule has 2 heterocycles. The van der Waals surface area contributed by atoms with E-state index < -0.39 is 0 Å². The Balaban J connectivity index is 1.57. The molecule has 0 bridgehead atoms. The van der Waals surface area contributed by atoms with E-state index in [0.717, 1.165) is 19.6 Å². The summed E-state index contributed by atoms with van der Waals surface area (Å²) in [7, 11) is 0. The van der Waals surface area contributed by atoms with Crippen molar-refractivity contribution in [3.8, 4) is 11.5 Å². The van der Waals surface area contributed by atoms with Gasteiger partial charge in [0.25, 0.3) is 0 Å². The van der Waals surface area contributed by atoms with Crippen molar-refractivity contribution in [3.05, 3.63) is 48.3 Å². The third-order valence-corrected chi connectivity index (χ3v) is 4.59. The van der Waals surface area contributed by atoms with E-state index in [1.807, 2.05) is 49.2 Å². The Bertz CT molecular complexity index is 762. The molecule has 1 aliphatic rings. The SMILES string of the molecule is CCOc1ccc(OCC)c(NC(=O)N2CCN(Cc3cccnc3)CC2)c1. The summed E-state index contributed by atoms with van der Waals surface area (Å²) in [4.78, 5) is 21.1. The van der Waals surface area contributed by atoms with Crippen LogP contribution in [0.5, 0.6) is 11.5 Å². The molecule has 3 rings (SSSR count). The van der Waals surface area contributed by atoms with Crippen molar-refractivity contribution in [2.45, 2.75) is 20.4 Å². The molecule has 7 heteroatoms. The van der Waals surface area contributed by atoms with Crippen LogP contribution in [-0.2, 0) is 6.54 Å². The second-order valence-corrected chi connectivity index (χ2v) is 6.58. The molecular formula is C21H28N4O3. The maximum atomic E-state index is 12.7. The van der Waals surface area contributed by atoms with Crippen molar-refractivity contribution in [2.75, 3.05) is 44.7 Å². The van der Waals surface area contributed by atoms with E-state index in [0.29, 0.717) is 43.5 Å². The Morgan fingerprint density at radius 2 is 1.89 bits per heavy atom. The zero-order valence-electron chi connectivity index (χ0n) is 16.6. The van der Waals surface area contributed by atoms with E-state index in [2.05, 4.69) is 21.3 Å². The summed E-state index contributed by atoms with van der Waals surface area (Å²) in [5, 5.41) is 2.98. The molecule has 0 radical (unpaired) electrons. The minimum atomic E-state index is -0.115. The summed E-state index contributed by atoms with van der Waals surface area (Å²) < 4.78 is 11.2. The van der Waals surface area contributed by atoms with Crippen LogP contribution in [0.1, 0.15) is 19.4 Å². The first-order chi connectivity index (χ1) is 13.7. The van der Waals surface area contributed by atoms with Crippen molar-refractivity contribution >= 4 is 11.7 Å². The molecule has 0 saturated carbocycles. The average Bonchev–Trinajstić information content (AvgIpc) is 2.71. The number of benzene rings is 1. The number of ether oxygens (including phenoxy) is 2. The molecule has 0 unspecified atom stereocenters. The Kier molecular flexibility index (Phi) is 7.08. The number of aromatic nitrogens is 1. The molecule has 0 aliphatic carbocycles. The van der Waals surface area contributed by atoms with Gasteiger partial charge in [0.2, 0.25) is 0 Å². The lowest BCUT2D eigenvalue weighted by Gasteiger charge is -2.34. The fraction of sp³-hybridized carbons (Fsp3) is 0.429. The second-order valence-electron chi connectivity index (χ2n) is 6.58. The first kappa shape index (κ1) is 19.9. The van der Waals surface area contributed by atoms with E-state index >= 15 is 0 Å². The number of amides is 2. The van der Waals surface area contributed by atoms with Crippen LogP contribution in [0.3, 0.4) is 0 Å². The number of nitrogens with one attached hydrogen (secondary N) is 1. The number of nitrogens with zero attached hydrogens (tertiary/aromatic N) is 3. The van der Waals surface area contributed by atoms with Crippen molar-refractivity contribution in [2.24, 2.45) is 0 Å². The van der Waals surface area contributed by atoms with Gasteiger partial charge in [0.1, 0.15) is 11.5 Å². The van der Waals surface area contributed by atoms with Crippen LogP contribution in [0.2, 0.25) is 0 Å². The minimum absolute atomic E-state index is 0.115. The van der Waals surface area contributed by atoms with Crippen LogP contribution < -0.4 is 14.8 Å². The highest BCUT2D eigenvalue weighted by molar-refractivity contribution is 5.91. The predicted octanol–water partition coefficient (Wildman–Crippen LogP) is 3.23. The molecule has 0 atom stereocenters. The molecule has 2 amide bonds. The van der Waals surface area contributed by atoms with E-state index in [4.69, 9.17) is 9.47 Å². The fourth-order valence-corrected chi connectivity index (χ4v) is 3.20. The maximum absolute atomic E-state index is 12.7. The summed E-state index contributed by atoms with van der Waals surface area (Å²) >= 11 is 0. The van der Waals surface area contributed by atoms with Crippen LogP contribution in [0, 0.1) is 0 Å². The van der Waals surface area contributed by atoms with Crippen LogP contribution in [0.15, 0.2) is 42.7 Å². The molecule has 1 saturated heterocycles. The third-order valence-electron chi connectivity index (χ3n) is 4.59. The molecule has 7 nitrogen and oxygen atoms in total. The Labute approximate surface area is 166 Å². The number of rotatable bonds is 7. The van der Waals surface area contributed by atoms with Gasteiger partial charge < -0.3 is 19.7 Å². The number of hydrogen-bond acceptors (Lipinski definition) is 5. The summed E-state index contributed by atoms with van der Waals surface area (Å²) in [6, 6.07) is 9.40. The first-order valence-electron chi connectivity index (χ1n) is 9.76. The van der Waals surface area contributed by atoms with Crippen LogP contribution in [0.4, 0.5) is 10.5 Å². The van der Waals surface area contributed by atoms with Crippen LogP contribution >= 0.6 is 0 Å². The monoisotopic (exact) mass is 384 g/mol. The van der Waals surface area contributed by atoms with E-state index in [1.165, 1.54) is 5.56 Å². The number of carbonyl (C=O) groups is 1. The Hall–Kier alpha value is -2.80. The van der Waals surface area contributed by atoms with Gasteiger partial charge in [0, 0.05) is 51.2 Å². The molecule has 0 spiro atoms. The van der Waals surface area contributed by atoms with Gasteiger partial charge in [-0.3, -0.25) is 9.88 Å². The first-order valence-corrected chi connectivity index (χ1v) is 9.76. The number of carbonyl (C=O) groups excluding carboxylic acids is 1. The number of pyridine rings is 1. The summed E-state index contributed by atoms with van der Waals surface area (Å²) in [6.07, 6.45) is 3.67. The van der Waals surface area contributed by atoms with Crippen molar-refractivity contribution < 1.29 is 14.3 Å². The van der Waals surface area contributed by atoms with Gasteiger partial charge in [0.05, 0.1) is 18.9 Å². The lowest BCUT2D eigenvalue weighted by molar-refractivity contribution is 0.143. The second kappa shape index (κ2) is 9.94. The van der Waals surface area contributed by atoms with Gasteiger partial charge >= 0.3 is 6.03 Å². The Morgan fingerprint density at radius 3 is 2.57 bits per heavy atom. The molecule has 2 aromatic rings.